The zero-order valence-corrected chi connectivity index (χ0v) is 13.1. The number of ether oxygens (including phenoxy) is 1. The lowest BCUT2D eigenvalue weighted by Crippen LogP contribution is -2.46. The first-order valence-electron chi connectivity index (χ1n) is 6.93. The quantitative estimate of drug-likeness (QED) is 0.832. The van der Waals surface area contributed by atoms with E-state index in [-0.39, 0.29) is 11.9 Å². The highest BCUT2D eigenvalue weighted by molar-refractivity contribution is 5.82. The van der Waals surface area contributed by atoms with E-state index in [1.165, 1.54) is 0 Å². The molecule has 20 heavy (non-hydrogen) atoms. The van der Waals surface area contributed by atoms with Gasteiger partial charge in [-0.05, 0) is 32.9 Å². The molecular formula is C16H26N2O2. The molecule has 112 valence electrons. The van der Waals surface area contributed by atoms with Crippen molar-refractivity contribution in [2.24, 2.45) is 5.41 Å². The maximum atomic E-state index is 12.1. The SMILES string of the molecule is COCC(C)(C)C(=O)NCC(C)N(C)c1ccccc1. The molecule has 0 radical (unpaired) electrons. The van der Waals surface area contributed by atoms with E-state index in [1.54, 1.807) is 7.11 Å². The summed E-state index contributed by atoms with van der Waals surface area (Å²) in [7, 11) is 3.65. The second-order valence-electron chi connectivity index (χ2n) is 5.82. The van der Waals surface area contributed by atoms with Crippen LogP contribution < -0.4 is 10.2 Å². The number of hydrogen-bond donors (Lipinski definition) is 1. The molecule has 0 heterocycles. The molecule has 1 N–H and O–H groups in total. The van der Waals surface area contributed by atoms with Crippen LogP contribution in [0.25, 0.3) is 0 Å². The van der Waals surface area contributed by atoms with E-state index in [0.29, 0.717) is 13.2 Å². The van der Waals surface area contributed by atoms with Crippen LogP contribution in [0.2, 0.25) is 0 Å². The molecule has 0 bridgehead atoms. The Morgan fingerprint density at radius 2 is 1.95 bits per heavy atom. The van der Waals surface area contributed by atoms with Gasteiger partial charge in [0.25, 0.3) is 0 Å². The van der Waals surface area contributed by atoms with E-state index in [0.717, 1.165) is 5.69 Å². The minimum Gasteiger partial charge on any atom is -0.384 e. The summed E-state index contributed by atoms with van der Waals surface area (Å²) >= 11 is 0. The van der Waals surface area contributed by atoms with Gasteiger partial charge in [0.15, 0.2) is 0 Å². The maximum Gasteiger partial charge on any atom is 0.228 e. The summed E-state index contributed by atoms with van der Waals surface area (Å²) in [6.45, 7) is 6.89. The lowest BCUT2D eigenvalue weighted by atomic mass is 9.93. The van der Waals surface area contributed by atoms with Crippen LogP contribution in [0.5, 0.6) is 0 Å². The molecule has 0 saturated carbocycles. The van der Waals surface area contributed by atoms with Crippen LogP contribution in [0.4, 0.5) is 5.69 Å². The summed E-state index contributed by atoms with van der Waals surface area (Å²) < 4.78 is 5.08. The van der Waals surface area contributed by atoms with E-state index in [1.807, 2.05) is 39.1 Å². The summed E-state index contributed by atoms with van der Waals surface area (Å²) in [5.74, 6) is 0.0210. The van der Waals surface area contributed by atoms with E-state index in [9.17, 15) is 4.79 Å². The molecule has 1 aromatic carbocycles. The Hall–Kier alpha value is -1.55. The predicted octanol–water partition coefficient (Wildman–Crippen LogP) is 2.30. The van der Waals surface area contributed by atoms with Crippen molar-refractivity contribution in [3.05, 3.63) is 30.3 Å². The van der Waals surface area contributed by atoms with E-state index >= 15 is 0 Å². The van der Waals surface area contributed by atoms with Crippen molar-refractivity contribution in [1.82, 2.24) is 5.32 Å². The van der Waals surface area contributed by atoms with Gasteiger partial charge in [-0.2, -0.15) is 0 Å². The Morgan fingerprint density at radius 3 is 2.50 bits per heavy atom. The number of nitrogens with zero attached hydrogens (tertiary/aromatic N) is 1. The molecule has 1 amide bonds. The molecule has 4 heteroatoms. The molecule has 1 unspecified atom stereocenters. The van der Waals surface area contributed by atoms with Crippen LogP contribution >= 0.6 is 0 Å². The van der Waals surface area contributed by atoms with E-state index < -0.39 is 5.41 Å². The Labute approximate surface area is 122 Å². The molecule has 0 aliphatic rings. The van der Waals surface area contributed by atoms with Gasteiger partial charge in [0, 0.05) is 32.4 Å². The van der Waals surface area contributed by atoms with Gasteiger partial charge in [-0.25, -0.2) is 0 Å². The Kier molecular flexibility index (Phi) is 6.02. The first-order chi connectivity index (χ1) is 9.38. The highest BCUT2D eigenvalue weighted by Crippen LogP contribution is 2.16. The van der Waals surface area contributed by atoms with Crippen molar-refractivity contribution in [2.45, 2.75) is 26.8 Å². The number of hydrogen-bond acceptors (Lipinski definition) is 3. The summed E-state index contributed by atoms with van der Waals surface area (Å²) in [5.41, 5.74) is 0.644. The predicted molar refractivity (Wildman–Crippen MR) is 83.0 cm³/mol. The normalized spacial score (nSPS) is 12.8. The smallest absolute Gasteiger partial charge is 0.228 e. The number of likely N-dealkylation sites (N-methyl/N-ethyl adjacent to an activating group) is 1. The molecule has 0 aliphatic carbocycles. The van der Waals surface area contributed by atoms with Gasteiger partial charge in [0.1, 0.15) is 0 Å². The van der Waals surface area contributed by atoms with Crippen molar-refractivity contribution in [3.63, 3.8) is 0 Å². The molecule has 1 atom stereocenters. The van der Waals surface area contributed by atoms with Crippen LogP contribution in [0.3, 0.4) is 0 Å². The highest BCUT2D eigenvalue weighted by Gasteiger charge is 2.27. The molecule has 0 aliphatic heterocycles. The molecule has 4 nitrogen and oxygen atoms in total. The molecule has 1 rings (SSSR count). The third-order valence-electron chi connectivity index (χ3n) is 3.50. The second-order valence-corrected chi connectivity index (χ2v) is 5.82. The topological polar surface area (TPSA) is 41.6 Å². The van der Waals surface area contributed by atoms with Gasteiger partial charge >= 0.3 is 0 Å². The fourth-order valence-electron chi connectivity index (χ4n) is 1.96. The number of methoxy groups -OCH3 is 1. The zero-order chi connectivity index (χ0) is 15.2. The average Bonchev–Trinajstić information content (AvgIpc) is 2.44. The van der Waals surface area contributed by atoms with Crippen molar-refractivity contribution in [2.75, 3.05) is 32.2 Å². The van der Waals surface area contributed by atoms with Crippen molar-refractivity contribution >= 4 is 11.6 Å². The Bertz CT molecular complexity index is 418. The number of nitrogens with one attached hydrogen (secondary N) is 1. The van der Waals surface area contributed by atoms with Gasteiger partial charge in [-0.1, -0.05) is 18.2 Å². The zero-order valence-electron chi connectivity index (χ0n) is 13.1. The number of rotatable bonds is 7. The van der Waals surface area contributed by atoms with Gasteiger partial charge in [-0.15, -0.1) is 0 Å². The van der Waals surface area contributed by atoms with Gasteiger partial charge in [-0.3, -0.25) is 4.79 Å². The summed E-state index contributed by atoms with van der Waals surface area (Å²) in [5, 5.41) is 3.00. The minimum absolute atomic E-state index is 0.0210. The van der Waals surface area contributed by atoms with Crippen molar-refractivity contribution < 1.29 is 9.53 Å². The molecule has 1 aromatic rings. The Balaban J connectivity index is 2.51. The minimum atomic E-state index is -0.500. The number of para-hydroxylation sites is 1. The maximum absolute atomic E-state index is 12.1. The molecule has 0 saturated heterocycles. The lowest BCUT2D eigenvalue weighted by molar-refractivity contribution is -0.131. The van der Waals surface area contributed by atoms with Crippen molar-refractivity contribution in [3.8, 4) is 0 Å². The number of benzene rings is 1. The Morgan fingerprint density at radius 1 is 1.35 bits per heavy atom. The summed E-state index contributed by atoms with van der Waals surface area (Å²) in [6.07, 6.45) is 0. The third-order valence-corrected chi connectivity index (χ3v) is 3.50. The van der Waals surface area contributed by atoms with Gasteiger partial charge < -0.3 is 15.0 Å². The average molecular weight is 278 g/mol. The summed E-state index contributed by atoms with van der Waals surface area (Å²) in [4.78, 5) is 14.3. The van der Waals surface area contributed by atoms with Crippen LogP contribution in [0.15, 0.2) is 30.3 Å². The molecule has 0 fully saturated rings. The number of anilines is 1. The number of carbonyl (C=O) groups is 1. The fraction of sp³-hybridized carbons (Fsp3) is 0.562. The van der Waals surface area contributed by atoms with Crippen LogP contribution in [0.1, 0.15) is 20.8 Å². The van der Waals surface area contributed by atoms with Crippen LogP contribution in [0, 0.1) is 5.41 Å². The monoisotopic (exact) mass is 278 g/mol. The van der Waals surface area contributed by atoms with Crippen LogP contribution in [-0.4, -0.2) is 39.3 Å². The largest absolute Gasteiger partial charge is 0.384 e. The fourth-order valence-corrected chi connectivity index (χ4v) is 1.96. The third kappa shape index (κ3) is 4.53. The van der Waals surface area contributed by atoms with Gasteiger partial charge in [0.05, 0.1) is 12.0 Å². The number of carbonyl (C=O) groups excluding carboxylic acids is 1. The number of amides is 1. The second kappa shape index (κ2) is 7.29. The lowest BCUT2D eigenvalue weighted by Gasteiger charge is -2.29. The molecule has 0 spiro atoms. The first kappa shape index (κ1) is 16.5. The van der Waals surface area contributed by atoms with Crippen LogP contribution in [-0.2, 0) is 9.53 Å². The first-order valence-corrected chi connectivity index (χ1v) is 6.93. The van der Waals surface area contributed by atoms with E-state index in [2.05, 4.69) is 29.3 Å². The van der Waals surface area contributed by atoms with Gasteiger partial charge in [0.2, 0.25) is 5.91 Å². The highest BCUT2D eigenvalue weighted by atomic mass is 16.5. The molecule has 0 aromatic heterocycles. The van der Waals surface area contributed by atoms with Crippen molar-refractivity contribution in [1.29, 1.82) is 0 Å². The molecular weight excluding hydrogens is 252 g/mol. The van der Waals surface area contributed by atoms with E-state index in [4.69, 9.17) is 4.74 Å². The summed E-state index contributed by atoms with van der Waals surface area (Å²) in [6, 6.07) is 10.4. The standard InChI is InChI=1S/C16H26N2O2/c1-13(18(4)14-9-7-6-8-10-14)11-17-15(19)16(2,3)12-20-5/h6-10,13H,11-12H2,1-5H3,(H,17,19).